The van der Waals surface area contributed by atoms with Gasteiger partial charge in [0.15, 0.2) is 0 Å². The number of benzene rings is 1. The number of halogens is 3. The molecule has 2 aromatic heterocycles. The van der Waals surface area contributed by atoms with Crippen molar-refractivity contribution in [3.8, 4) is 0 Å². The van der Waals surface area contributed by atoms with Gasteiger partial charge in [0.2, 0.25) is 0 Å². The fourth-order valence-corrected chi connectivity index (χ4v) is 4.27. The number of nitrogens with zero attached hydrogens (tertiary/aromatic N) is 3. The highest BCUT2D eigenvalue weighted by Gasteiger charge is 2.24. The first-order valence-electron chi connectivity index (χ1n) is 8.80. The first-order valence-corrected chi connectivity index (χ1v) is 10.1. The number of pyridine rings is 1. The van der Waals surface area contributed by atoms with Gasteiger partial charge in [-0.2, -0.15) is 0 Å². The second-order valence-electron chi connectivity index (χ2n) is 6.51. The van der Waals surface area contributed by atoms with Crippen molar-refractivity contribution in [3.05, 3.63) is 81.0 Å². The maximum Gasteiger partial charge on any atom is 0.0972 e. The van der Waals surface area contributed by atoms with Crippen LogP contribution < -0.4 is 5.32 Å². The van der Waals surface area contributed by atoms with Crippen molar-refractivity contribution < 1.29 is 0 Å². The topological polar surface area (TPSA) is 41.1 Å². The Hall–Kier alpha value is -1.21. The maximum absolute atomic E-state index is 5.96. The number of aromatic nitrogens is 2. The molecule has 1 unspecified atom stereocenters. The standard InChI is InChI=1S/C20H21ClN4S.2ClH/c21-17-5-3-15(4-6-17)10-20-24-18(14-26-20)13-25-9-8-23-12-19(25)16-2-1-7-22-11-16;;/h1-7,11,14,19,23H,8-10,12-13H2;2*1H. The highest BCUT2D eigenvalue weighted by Crippen LogP contribution is 2.24. The zero-order chi connectivity index (χ0) is 17.8. The number of nitrogens with one attached hydrogen (secondary N) is 1. The van der Waals surface area contributed by atoms with Crippen LogP contribution in [0.3, 0.4) is 0 Å². The summed E-state index contributed by atoms with van der Waals surface area (Å²) in [7, 11) is 0. The second-order valence-corrected chi connectivity index (χ2v) is 7.89. The van der Waals surface area contributed by atoms with Gasteiger partial charge in [-0.25, -0.2) is 4.98 Å². The van der Waals surface area contributed by atoms with Gasteiger partial charge in [0, 0.05) is 61.4 Å². The molecule has 0 aliphatic carbocycles. The van der Waals surface area contributed by atoms with Crippen LogP contribution in [-0.4, -0.2) is 34.5 Å². The predicted octanol–water partition coefficient (Wildman–Crippen LogP) is 4.77. The maximum atomic E-state index is 5.96. The summed E-state index contributed by atoms with van der Waals surface area (Å²) in [6, 6.07) is 12.5. The summed E-state index contributed by atoms with van der Waals surface area (Å²) < 4.78 is 0. The normalized spacial score (nSPS) is 16.8. The van der Waals surface area contributed by atoms with Crippen LogP contribution in [0.4, 0.5) is 0 Å². The molecule has 1 aliphatic heterocycles. The highest BCUT2D eigenvalue weighted by molar-refractivity contribution is 7.09. The van der Waals surface area contributed by atoms with Crippen molar-refractivity contribution in [2.75, 3.05) is 19.6 Å². The largest absolute Gasteiger partial charge is 0.314 e. The van der Waals surface area contributed by atoms with Gasteiger partial charge in [0.25, 0.3) is 0 Å². The molecule has 4 rings (SSSR count). The van der Waals surface area contributed by atoms with E-state index in [2.05, 4.69) is 38.8 Å². The van der Waals surface area contributed by atoms with Crippen molar-refractivity contribution in [1.29, 1.82) is 0 Å². The van der Waals surface area contributed by atoms with E-state index < -0.39 is 0 Å². The van der Waals surface area contributed by atoms with Crippen LogP contribution >= 0.6 is 47.8 Å². The third-order valence-corrected chi connectivity index (χ3v) is 5.81. The van der Waals surface area contributed by atoms with Crippen LogP contribution in [0, 0.1) is 0 Å². The number of hydrogen-bond acceptors (Lipinski definition) is 5. The van der Waals surface area contributed by atoms with E-state index in [-0.39, 0.29) is 24.8 Å². The second kappa shape index (κ2) is 11.1. The minimum Gasteiger partial charge on any atom is -0.314 e. The molecule has 1 aliphatic rings. The number of hydrogen-bond donors (Lipinski definition) is 1. The smallest absolute Gasteiger partial charge is 0.0972 e. The SMILES string of the molecule is Cl.Cl.Clc1ccc(Cc2nc(CN3CCNCC3c3cccnc3)cs2)cc1. The molecule has 4 nitrogen and oxygen atoms in total. The summed E-state index contributed by atoms with van der Waals surface area (Å²) in [6.45, 7) is 3.86. The van der Waals surface area contributed by atoms with E-state index in [9.17, 15) is 0 Å². The summed E-state index contributed by atoms with van der Waals surface area (Å²) in [4.78, 5) is 11.6. The van der Waals surface area contributed by atoms with Crippen molar-refractivity contribution >= 4 is 47.8 Å². The first kappa shape index (κ1) is 23.1. The Morgan fingerprint density at radius 2 is 2.00 bits per heavy atom. The fourth-order valence-electron chi connectivity index (χ4n) is 3.33. The molecule has 1 atom stereocenters. The van der Waals surface area contributed by atoms with Crippen LogP contribution in [-0.2, 0) is 13.0 Å². The average Bonchev–Trinajstić information content (AvgIpc) is 3.12. The quantitative estimate of drug-likeness (QED) is 0.599. The van der Waals surface area contributed by atoms with Gasteiger partial charge in [-0.3, -0.25) is 9.88 Å². The molecule has 0 bridgehead atoms. The molecule has 1 aromatic carbocycles. The van der Waals surface area contributed by atoms with E-state index in [1.165, 1.54) is 11.1 Å². The Kier molecular flexibility index (Phi) is 9.15. The molecule has 1 fully saturated rings. The average molecular weight is 458 g/mol. The molecule has 3 heterocycles. The van der Waals surface area contributed by atoms with E-state index in [1.54, 1.807) is 11.3 Å². The van der Waals surface area contributed by atoms with Gasteiger partial charge in [-0.05, 0) is 29.3 Å². The molecule has 0 saturated carbocycles. The Labute approximate surface area is 187 Å². The first-order chi connectivity index (χ1) is 12.8. The Morgan fingerprint density at radius 1 is 1.18 bits per heavy atom. The number of rotatable bonds is 5. The third-order valence-electron chi connectivity index (χ3n) is 4.66. The summed E-state index contributed by atoms with van der Waals surface area (Å²) >= 11 is 7.70. The zero-order valence-electron chi connectivity index (χ0n) is 15.3. The van der Waals surface area contributed by atoms with Crippen LogP contribution in [0.5, 0.6) is 0 Å². The van der Waals surface area contributed by atoms with Crippen molar-refractivity contribution in [2.24, 2.45) is 0 Å². The van der Waals surface area contributed by atoms with Crippen LogP contribution in [0.2, 0.25) is 5.02 Å². The molecule has 150 valence electrons. The summed E-state index contributed by atoms with van der Waals surface area (Å²) in [5.74, 6) is 0. The van der Waals surface area contributed by atoms with E-state index in [1.807, 2.05) is 30.6 Å². The Morgan fingerprint density at radius 3 is 2.75 bits per heavy atom. The molecule has 0 amide bonds. The third kappa shape index (κ3) is 5.89. The van der Waals surface area contributed by atoms with E-state index in [0.717, 1.165) is 48.3 Å². The van der Waals surface area contributed by atoms with Crippen LogP contribution in [0.15, 0.2) is 54.2 Å². The molecule has 8 heteroatoms. The van der Waals surface area contributed by atoms with Gasteiger partial charge in [0.1, 0.15) is 0 Å². The van der Waals surface area contributed by atoms with Gasteiger partial charge in [0.05, 0.1) is 10.7 Å². The molecular weight excluding hydrogens is 435 g/mol. The minimum absolute atomic E-state index is 0. The van der Waals surface area contributed by atoms with Gasteiger partial charge < -0.3 is 5.32 Å². The van der Waals surface area contributed by atoms with Crippen LogP contribution in [0.25, 0.3) is 0 Å². The van der Waals surface area contributed by atoms with Gasteiger partial charge in [-0.15, -0.1) is 36.2 Å². The highest BCUT2D eigenvalue weighted by atomic mass is 35.5. The lowest BCUT2D eigenvalue weighted by atomic mass is 10.1. The molecular formula is C20H23Cl3N4S. The zero-order valence-corrected chi connectivity index (χ0v) is 18.5. The summed E-state index contributed by atoms with van der Waals surface area (Å²) in [5, 5.41) is 7.60. The fraction of sp³-hybridized carbons (Fsp3) is 0.300. The number of thiazole rings is 1. The number of piperazine rings is 1. The lowest BCUT2D eigenvalue weighted by Gasteiger charge is -2.35. The van der Waals surface area contributed by atoms with E-state index >= 15 is 0 Å². The molecule has 0 radical (unpaired) electrons. The Balaban J connectivity index is 0.00000140. The lowest BCUT2D eigenvalue weighted by molar-refractivity contribution is 0.152. The molecule has 1 N–H and O–H groups in total. The molecule has 3 aromatic rings. The van der Waals surface area contributed by atoms with E-state index in [0.29, 0.717) is 6.04 Å². The van der Waals surface area contributed by atoms with Crippen molar-refractivity contribution in [1.82, 2.24) is 20.2 Å². The Bertz CT molecular complexity index is 842. The monoisotopic (exact) mass is 456 g/mol. The van der Waals surface area contributed by atoms with Gasteiger partial charge in [-0.1, -0.05) is 29.8 Å². The molecule has 1 saturated heterocycles. The molecule has 28 heavy (non-hydrogen) atoms. The van der Waals surface area contributed by atoms with Crippen molar-refractivity contribution in [2.45, 2.75) is 19.0 Å². The van der Waals surface area contributed by atoms with Gasteiger partial charge >= 0.3 is 0 Å². The summed E-state index contributed by atoms with van der Waals surface area (Å²) in [5.41, 5.74) is 3.65. The van der Waals surface area contributed by atoms with Crippen molar-refractivity contribution in [3.63, 3.8) is 0 Å². The predicted molar refractivity (Wildman–Crippen MR) is 121 cm³/mol. The van der Waals surface area contributed by atoms with E-state index in [4.69, 9.17) is 16.6 Å². The minimum atomic E-state index is 0. The lowest BCUT2D eigenvalue weighted by Crippen LogP contribution is -2.45. The summed E-state index contributed by atoms with van der Waals surface area (Å²) in [6.07, 6.45) is 4.65. The molecule has 0 spiro atoms. The van der Waals surface area contributed by atoms with Crippen LogP contribution in [0.1, 0.15) is 27.9 Å².